The van der Waals surface area contributed by atoms with Crippen LogP contribution in [-0.2, 0) is 19.1 Å². The number of esters is 2. The van der Waals surface area contributed by atoms with Gasteiger partial charge in [0.25, 0.3) is 0 Å². The fraction of sp³-hybridized carbons (Fsp3) is 0.647. The van der Waals surface area contributed by atoms with Crippen LogP contribution in [-0.4, -0.2) is 26.2 Å². The molecule has 0 unspecified atom stereocenters. The molecule has 21 heavy (non-hydrogen) atoms. The lowest BCUT2D eigenvalue weighted by molar-refractivity contribution is -0.151. The van der Waals surface area contributed by atoms with Crippen molar-refractivity contribution in [3.8, 4) is 0 Å². The molecule has 2 atom stereocenters. The Hall–Kier alpha value is -1.58. The van der Waals surface area contributed by atoms with Crippen LogP contribution in [0.3, 0.4) is 0 Å². The van der Waals surface area contributed by atoms with E-state index in [9.17, 15) is 9.59 Å². The summed E-state index contributed by atoms with van der Waals surface area (Å²) in [4.78, 5) is 24.4. The number of hydrogen-bond donors (Lipinski definition) is 0. The molecule has 0 heterocycles. The number of rotatable bonds is 2. The van der Waals surface area contributed by atoms with Crippen molar-refractivity contribution in [1.82, 2.24) is 0 Å². The van der Waals surface area contributed by atoms with E-state index >= 15 is 0 Å². The quantitative estimate of drug-likeness (QED) is 0.734. The highest BCUT2D eigenvalue weighted by molar-refractivity contribution is 5.97. The Morgan fingerprint density at radius 1 is 1.10 bits per heavy atom. The molecule has 0 radical (unpaired) electrons. The molecule has 0 spiro atoms. The van der Waals surface area contributed by atoms with Gasteiger partial charge in [0.05, 0.1) is 25.7 Å². The molecule has 2 rings (SSSR count). The zero-order valence-electron chi connectivity index (χ0n) is 13.5. The van der Waals surface area contributed by atoms with Gasteiger partial charge in [-0.1, -0.05) is 44.9 Å². The lowest BCUT2D eigenvalue weighted by Gasteiger charge is -2.50. The second kappa shape index (κ2) is 5.32. The summed E-state index contributed by atoms with van der Waals surface area (Å²) in [6.45, 7) is 6.46. The topological polar surface area (TPSA) is 52.6 Å². The number of fused-ring (bicyclic) bond motifs is 1. The normalized spacial score (nSPS) is 30.6. The highest BCUT2D eigenvalue weighted by Crippen LogP contribution is 2.57. The minimum Gasteiger partial charge on any atom is -0.469 e. The van der Waals surface area contributed by atoms with Gasteiger partial charge in [-0.15, -0.1) is 0 Å². The molecule has 0 aromatic heterocycles. The van der Waals surface area contributed by atoms with Crippen molar-refractivity contribution >= 4 is 11.9 Å². The van der Waals surface area contributed by atoms with Crippen LogP contribution < -0.4 is 0 Å². The average Bonchev–Trinajstić information content (AvgIpc) is 2.43. The summed E-state index contributed by atoms with van der Waals surface area (Å²) in [7, 11) is 2.70. The van der Waals surface area contributed by atoms with Crippen LogP contribution in [0.4, 0.5) is 0 Å². The van der Waals surface area contributed by atoms with Crippen molar-refractivity contribution < 1.29 is 19.1 Å². The molecule has 0 aromatic carbocycles. The third-order valence-corrected chi connectivity index (χ3v) is 5.08. The van der Waals surface area contributed by atoms with E-state index in [4.69, 9.17) is 9.47 Å². The van der Waals surface area contributed by atoms with Gasteiger partial charge in [-0.3, -0.25) is 4.79 Å². The van der Waals surface area contributed by atoms with E-state index in [1.807, 2.05) is 6.08 Å². The zero-order valence-corrected chi connectivity index (χ0v) is 13.5. The van der Waals surface area contributed by atoms with Crippen molar-refractivity contribution in [2.45, 2.75) is 40.0 Å². The Labute approximate surface area is 126 Å². The van der Waals surface area contributed by atoms with E-state index in [1.165, 1.54) is 19.8 Å². The van der Waals surface area contributed by atoms with Gasteiger partial charge in [0.2, 0.25) is 0 Å². The van der Waals surface area contributed by atoms with Gasteiger partial charge >= 0.3 is 11.9 Å². The number of allylic oxidation sites excluding steroid dienone is 3. The third-order valence-electron chi connectivity index (χ3n) is 5.08. The van der Waals surface area contributed by atoms with Crippen LogP contribution in [0.15, 0.2) is 23.3 Å². The van der Waals surface area contributed by atoms with E-state index in [0.29, 0.717) is 5.57 Å². The minimum atomic E-state index is -0.588. The number of ether oxygens (including phenoxy) is 2. The van der Waals surface area contributed by atoms with Crippen molar-refractivity contribution in [1.29, 1.82) is 0 Å². The maximum atomic E-state index is 12.4. The van der Waals surface area contributed by atoms with Crippen LogP contribution in [0.5, 0.6) is 0 Å². The Bertz CT molecular complexity index is 527. The lowest BCUT2D eigenvalue weighted by Crippen LogP contribution is -2.46. The first-order valence-electron chi connectivity index (χ1n) is 7.37. The number of hydrogen-bond acceptors (Lipinski definition) is 4. The van der Waals surface area contributed by atoms with Crippen LogP contribution in [0, 0.1) is 16.7 Å². The molecule has 0 saturated heterocycles. The maximum absolute atomic E-state index is 12.4. The van der Waals surface area contributed by atoms with Crippen molar-refractivity contribution in [3.05, 3.63) is 23.3 Å². The fourth-order valence-corrected chi connectivity index (χ4v) is 4.08. The van der Waals surface area contributed by atoms with Crippen LogP contribution in [0.2, 0.25) is 0 Å². The molecule has 2 aliphatic carbocycles. The van der Waals surface area contributed by atoms with Gasteiger partial charge in [0.15, 0.2) is 0 Å². The van der Waals surface area contributed by atoms with Gasteiger partial charge in [0.1, 0.15) is 0 Å². The van der Waals surface area contributed by atoms with Crippen molar-refractivity contribution in [2.24, 2.45) is 16.7 Å². The van der Waals surface area contributed by atoms with Gasteiger partial charge in [-0.05, 0) is 18.3 Å². The fourth-order valence-electron chi connectivity index (χ4n) is 4.08. The second-order valence-corrected chi connectivity index (χ2v) is 6.81. The van der Waals surface area contributed by atoms with E-state index in [0.717, 1.165) is 19.3 Å². The predicted molar refractivity (Wildman–Crippen MR) is 79.4 cm³/mol. The Balaban J connectivity index is 2.59. The number of methoxy groups -OCH3 is 2. The molecule has 0 bridgehead atoms. The van der Waals surface area contributed by atoms with Crippen LogP contribution in [0.25, 0.3) is 0 Å². The van der Waals surface area contributed by atoms with Crippen molar-refractivity contribution in [3.63, 3.8) is 0 Å². The molecule has 0 aromatic rings. The smallest absolute Gasteiger partial charge is 0.334 e. The summed E-state index contributed by atoms with van der Waals surface area (Å²) in [5.74, 6) is -1.41. The highest BCUT2D eigenvalue weighted by Gasteiger charge is 2.53. The summed E-state index contributed by atoms with van der Waals surface area (Å²) in [5, 5.41) is 0. The Morgan fingerprint density at radius 3 is 2.33 bits per heavy atom. The van der Waals surface area contributed by atoms with Crippen LogP contribution >= 0.6 is 0 Å². The molecule has 0 amide bonds. The third kappa shape index (κ3) is 2.41. The molecule has 0 N–H and O–H groups in total. The summed E-state index contributed by atoms with van der Waals surface area (Å²) >= 11 is 0. The van der Waals surface area contributed by atoms with E-state index in [1.54, 1.807) is 6.08 Å². The molecule has 1 saturated carbocycles. The molecule has 116 valence electrons. The average molecular weight is 292 g/mol. The van der Waals surface area contributed by atoms with E-state index in [-0.39, 0.29) is 16.8 Å². The SMILES string of the molecule is COC(=O)C1=CC=C2C(C)(C)CCC[C@]2(C)[C@@H]1C(=O)OC. The number of carbonyl (C=O) groups excluding carboxylic acids is 2. The molecule has 4 nitrogen and oxygen atoms in total. The van der Waals surface area contributed by atoms with Crippen LogP contribution in [0.1, 0.15) is 40.0 Å². The summed E-state index contributed by atoms with van der Waals surface area (Å²) < 4.78 is 9.83. The molecule has 2 aliphatic rings. The molecular formula is C17H24O4. The maximum Gasteiger partial charge on any atom is 0.334 e. The Kier molecular flexibility index (Phi) is 4.00. The Morgan fingerprint density at radius 2 is 1.76 bits per heavy atom. The predicted octanol–water partition coefficient (Wildman–Crippen LogP) is 3.03. The first kappa shape index (κ1) is 15.8. The molecular weight excluding hydrogens is 268 g/mol. The summed E-state index contributed by atoms with van der Waals surface area (Å²) in [6, 6.07) is 0. The molecule has 4 heteroatoms. The van der Waals surface area contributed by atoms with Gasteiger partial charge in [0, 0.05) is 5.41 Å². The van der Waals surface area contributed by atoms with E-state index in [2.05, 4.69) is 20.8 Å². The highest BCUT2D eigenvalue weighted by atomic mass is 16.5. The van der Waals surface area contributed by atoms with Crippen molar-refractivity contribution in [2.75, 3.05) is 14.2 Å². The van der Waals surface area contributed by atoms with Gasteiger partial charge in [-0.25, -0.2) is 4.79 Å². The minimum absolute atomic E-state index is 0.0252. The first-order valence-corrected chi connectivity index (χ1v) is 7.37. The number of carbonyl (C=O) groups is 2. The molecule has 1 fully saturated rings. The largest absolute Gasteiger partial charge is 0.469 e. The monoisotopic (exact) mass is 292 g/mol. The molecule has 0 aliphatic heterocycles. The summed E-state index contributed by atoms with van der Waals surface area (Å²) in [6.07, 6.45) is 6.73. The van der Waals surface area contributed by atoms with E-state index < -0.39 is 11.9 Å². The van der Waals surface area contributed by atoms with Gasteiger partial charge < -0.3 is 9.47 Å². The van der Waals surface area contributed by atoms with Gasteiger partial charge in [-0.2, -0.15) is 0 Å². The lowest BCUT2D eigenvalue weighted by atomic mass is 9.53. The standard InChI is InChI=1S/C17H24O4/c1-16(2)9-6-10-17(3)12(16)8-7-11(14(18)20-4)13(17)15(19)21-5/h7-8,13H,6,9-10H2,1-5H3/t13-,17-/m0/s1. The second-order valence-electron chi connectivity index (χ2n) is 6.81. The zero-order chi connectivity index (χ0) is 15.8. The summed E-state index contributed by atoms with van der Waals surface area (Å²) in [5.41, 5.74) is 1.27. The first-order chi connectivity index (χ1) is 9.78.